The molecule has 0 unspecified atom stereocenters. The molecule has 3 N–H and O–H groups in total. The Hall–Kier alpha value is -1.43. The van der Waals surface area contributed by atoms with Gasteiger partial charge in [-0.1, -0.05) is 12.1 Å². The molecule has 0 spiro atoms. The number of hydrazine groups is 1. The fourth-order valence-electron chi connectivity index (χ4n) is 1.56. The zero-order valence-corrected chi connectivity index (χ0v) is 10.7. The van der Waals surface area contributed by atoms with Crippen LogP contribution >= 0.6 is 11.3 Å². The van der Waals surface area contributed by atoms with E-state index < -0.39 is 0 Å². The van der Waals surface area contributed by atoms with Crippen molar-refractivity contribution >= 4 is 11.3 Å². The first kappa shape index (κ1) is 12.0. The maximum Gasteiger partial charge on any atom is 0.124 e. The number of methoxy groups -OCH3 is 1. The molecule has 2 aromatic rings. The van der Waals surface area contributed by atoms with Crippen molar-refractivity contribution in [1.29, 1.82) is 0 Å². The minimum absolute atomic E-state index is 0.646. The number of rotatable bonds is 4. The Balaban J connectivity index is 2.35. The van der Waals surface area contributed by atoms with Gasteiger partial charge in [0.25, 0.3) is 0 Å². The van der Waals surface area contributed by atoms with E-state index in [1.54, 1.807) is 18.4 Å². The fourth-order valence-corrected chi connectivity index (χ4v) is 2.57. The Morgan fingerprint density at radius 1 is 1.47 bits per heavy atom. The lowest BCUT2D eigenvalue weighted by atomic mass is 10.2. The van der Waals surface area contributed by atoms with Crippen LogP contribution in [0, 0.1) is 6.92 Å². The molecule has 0 aliphatic heterocycles. The number of aromatic nitrogens is 1. The molecule has 0 aliphatic rings. The van der Waals surface area contributed by atoms with Gasteiger partial charge in [-0.25, -0.2) is 4.98 Å². The van der Waals surface area contributed by atoms with Crippen molar-refractivity contribution in [2.45, 2.75) is 13.5 Å². The highest BCUT2D eigenvalue weighted by molar-refractivity contribution is 7.15. The van der Waals surface area contributed by atoms with Crippen LogP contribution in [0.25, 0.3) is 10.6 Å². The van der Waals surface area contributed by atoms with E-state index in [1.807, 2.05) is 31.2 Å². The topological polar surface area (TPSA) is 60.2 Å². The van der Waals surface area contributed by atoms with Crippen molar-refractivity contribution in [1.82, 2.24) is 10.4 Å². The Kier molecular flexibility index (Phi) is 3.73. The Labute approximate surface area is 104 Å². The molecule has 90 valence electrons. The van der Waals surface area contributed by atoms with Gasteiger partial charge in [0.2, 0.25) is 0 Å². The lowest BCUT2D eigenvalue weighted by molar-refractivity contribution is 0.415. The second kappa shape index (κ2) is 5.27. The Morgan fingerprint density at radius 3 is 3.00 bits per heavy atom. The molecule has 0 bridgehead atoms. The number of nitrogens with one attached hydrogen (secondary N) is 1. The molecule has 1 heterocycles. The van der Waals surface area contributed by atoms with Crippen molar-refractivity contribution in [3.63, 3.8) is 0 Å². The van der Waals surface area contributed by atoms with Crippen molar-refractivity contribution in [2.24, 2.45) is 5.84 Å². The molecule has 1 aromatic carbocycles. The summed E-state index contributed by atoms with van der Waals surface area (Å²) in [5.41, 5.74) is 4.75. The molecule has 0 amide bonds. The van der Waals surface area contributed by atoms with Gasteiger partial charge in [0.05, 0.1) is 12.8 Å². The zero-order valence-electron chi connectivity index (χ0n) is 9.86. The summed E-state index contributed by atoms with van der Waals surface area (Å²) in [6.45, 7) is 2.64. The third kappa shape index (κ3) is 2.63. The van der Waals surface area contributed by atoms with Gasteiger partial charge >= 0.3 is 0 Å². The standard InChI is InChI=1S/C12H15N3OS/c1-8-11(7-14-13)17-12(15-8)9-4-3-5-10(6-9)16-2/h3-6,14H,7,13H2,1-2H3. The number of aryl methyl sites for hydroxylation is 1. The third-order valence-electron chi connectivity index (χ3n) is 2.47. The first-order valence-corrected chi connectivity index (χ1v) is 6.10. The maximum atomic E-state index is 5.33. The van der Waals surface area contributed by atoms with Crippen molar-refractivity contribution in [2.75, 3.05) is 7.11 Å². The van der Waals surface area contributed by atoms with Crippen LogP contribution in [0.1, 0.15) is 10.6 Å². The molecule has 2 rings (SSSR count). The largest absolute Gasteiger partial charge is 0.497 e. The lowest BCUT2D eigenvalue weighted by Gasteiger charge is -2.01. The number of benzene rings is 1. The average Bonchev–Trinajstić information content (AvgIpc) is 2.72. The second-order valence-electron chi connectivity index (χ2n) is 3.64. The molecule has 0 saturated carbocycles. The number of thiazole rings is 1. The summed E-state index contributed by atoms with van der Waals surface area (Å²) in [5.74, 6) is 6.17. The zero-order chi connectivity index (χ0) is 12.3. The van der Waals surface area contributed by atoms with Gasteiger partial charge in [-0.15, -0.1) is 11.3 Å². The van der Waals surface area contributed by atoms with E-state index in [0.29, 0.717) is 6.54 Å². The fraction of sp³-hybridized carbons (Fsp3) is 0.250. The molecule has 0 saturated heterocycles. The lowest BCUT2D eigenvalue weighted by Crippen LogP contribution is -2.20. The van der Waals surface area contributed by atoms with Gasteiger partial charge in [-0.05, 0) is 19.1 Å². The van der Waals surface area contributed by atoms with Gasteiger partial charge in [-0.3, -0.25) is 11.3 Å². The highest BCUT2D eigenvalue weighted by Gasteiger charge is 2.09. The number of ether oxygens (including phenoxy) is 1. The predicted octanol–water partition coefficient (Wildman–Crippen LogP) is 2.09. The number of hydrogen-bond donors (Lipinski definition) is 2. The molecule has 17 heavy (non-hydrogen) atoms. The molecule has 1 aromatic heterocycles. The van der Waals surface area contributed by atoms with Crippen molar-refractivity contribution in [3.05, 3.63) is 34.8 Å². The maximum absolute atomic E-state index is 5.33. The van der Waals surface area contributed by atoms with Crippen molar-refractivity contribution < 1.29 is 4.74 Å². The molecular weight excluding hydrogens is 234 g/mol. The SMILES string of the molecule is COc1cccc(-c2nc(C)c(CNN)s2)c1. The van der Waals surface area contributed by atoms with E-state index in [1.165, 1.54) is 0 Å². The summed E-state index contributed by atoms with van der Waals surface area (Å²) in [6.07, 6.45) is 0. The molecule has 5 heteroatoms. The van der Waals surface area contributed by atoms with Gasteiger partial charge in [0.15, 0.2) is 0 Å². The van der Waals surface area contributed by atoms with Gasteiger partial charge in [0, 0.05) is 17.0 Å². The Morgan fingerprint density at radius 2 is 2.29 bits per heavy atom. The molecular formula is C12H15N3OS. The van der Waals surface area contributed by atoms with E-state index in [2.05, 4.69) is 10.4 Å². The van der Waals surface area contributed by atoms with Crippen LogP contribution in [0.4, 0.5) is 0 Å². The summed E-state index contributed by atoms with van der Waals surface area (Å²) in [5, 5.41) is 0.992. The van der Waals surface area contributed by atoms with Crippen LogP contribution in [0.15, 0.2) is 24.3 Å². The summed E-state index contributed by atoms with van der Waals surface area (Å²) >= 11 is 1.65. The van der Waals surface area contributed by atoms with Gasteiger partial charge in [-0.2, -0.15) is 0 Å². The van der Waals surface area contributed by atoms with Crippen LogP contribution in [0.2, 0.25) is 0 Å². The quantitative estimate of drug-likeness (QED) is 0.643. The van der Waals surface area contributed by atoms with Gasteiger partial charge in [0.1, 0.15) is 10.8 Å². The van der Waals surface area contributed by atoms with Crippen LogP contribution in [-0.2, 0) is 6.54 Å². The van der Waals surface area contributed by atoms with Crippen LogP contribution in [0.5, 0.6) is 5.75 Å². The first-order valence-electron chi connectivity index (χ1n) is 5.28. The molecule has 0 fully saturated rings. The highest BCUT2D eigenvalue weighted by atomic mass is 32.1. The average molecular weight is 249 g/mol. The number of nitrogens with two attached hydrogens (primary N) is 1. The third-order valence-corrected chi connectivity index (χ3v) is 3.68. The predicted molar refractivity (Wildman–Crippen MR) is 69.9 cm³/mol. The summed E-state index contributed by atoms with van der Waals surface area (Å²) < 4.78 is 5.21. The smallest absolute Gasteiger partial charge is 0.124 e. The second-order valence-corrected chi connectivity index (χ2v) is 4.72. The molecule has 0 atom stereocenters. The molecule has 4 nitrogen and oxygen atoms in total. The summed E-state index contributed by atoms with van der Waals surface area (Å²) in [4.78, 5) is 5.70. The minimum Gasteiger partial charge on any atom is -0.497 e. The van der Waals surface area contributed by atoms with E-state index in [0.717, 1.165) is 26.9 Å². The summed E-state index contributed by atoms with van der Waals surface area (Å²) in [6, 6.07) is 7.90. The normalized spacial score (nSPS) is 10.5. The molecule has 0 radical (unpaired) electrons. The summed E-state index contributed by atoms with van der Waals surface area (Å²) in [7, 11) is 1.66. The highest BCUT2D eigenvalue weighted by Crippen LogP contribution is 2.29. The van der Waals surface area contributed by atoms with Crippen molar-refractivity contribution in [3.8, 4) is 16.3 Å². The first-order chi connectivity index (χ1) is 8.24. The number of hydrogen-bond acceptors (Lipinski definition) is 5. The Bertz CT molecular complexity index is 510. The number of nitrogens with zero attached hydrogens (tertiary/aromatic N) is 1. The van der Waals surface area contributed by atoms with E-state index >= 15 is 0 Å². The van der Waals surface area contributed by atoms with Crippen LogP contribution < -0.4 is 16.0 Å². The minimum atomic E-state index is 0.646. The van der Waals surface area contributed by atoms with E-state index in [9.17, 15) is 0 Å². The van der Waals surface area contributed by atoms with E-state index in [4.69, 9.17) is 10.6 Å². The monoisotopic (exact) mass is 249 g/mol. The van der Waals surface area contributed by atoms with Gasteiger partial charge < -0.3 is 4.74 Å². The van der Waals surface area contributed by atoms with Crippen LogP contribution in [0.3, 0.4) is 0 Å². The van der Waals surface area contributed by atoms with Crippen LogP contribution in [-0.4, -0.2) is 12.1 Å². The van der Waals surface area contributed by atoms with E-state index in [-0.39, 0.29) is 0 Å². The molecule has 0 aliphatic carbocycles.